The van der Waals surface area contributed by atoms with Gasteiger partial charge in [0.25, 0.3) is 0 Å². The minimum atomic E-state index is 1.14. The first kappa shape index (κ1) is 19.4. The number of aryl methyl sites for hydroxylation is 1. The van der Waals surface area contributed by atoms with E-state index in [4.69, 9.17) is 0 Å². The molecule has 0 saturated heterocycles. The minimum absolute atomic E-state index is 1.14. The second kappa shape index (κ2) is 7.99. The molecule has 1 heterocycles. The third-order valence-corrected chi connectivity index (χ3v) is 6.40. The molecule has 0 radical (unpaired) electrons. The summed E-state index contributed by atoms with van der Waals surface area (Å²) in [5, 5.41) is 2.55. The summed E-state index contributed by atoms with van der Waals surface area (Å²) in [5.74, 6) is 0. The highest BCUT2D eigenvalue weighted by Gasteiger charge is 2.15. The summed E-state index contributed by atoms with van der Waals surface area (Å²) in [6.07, 6.45) is 0. The number of para-hydroxylation sites is 2. The summed E-state index contributed by atoms with van der Waals surface area (Å²) in [5.41, 5.74) is 8.38. The molecule has 0 saturated carbocycles. The lowest BCUT2D eigenvalue weighted by Crippen LogP contribution is -2.09. The van der Waals surface area contributed by atoms with Gasteiger partial charge in [0.05, 0.1) is 0 Å². The van der Waals surface area contributed by atoms with Crippen molar-refractivity contribution in [3.05, 3.63) is 127 Å². The molecule has 0 spiro atoms. The van der Waals surface area contributed by atoms with Crippen molar-refractivity contribution in [1.82, 2.24) is 4.57 Å². The van der Waals surface area contributed by atoms with Crippen LogP contribution in [-0.2, 0) is 7.05 Å². The van der Waals surface area contributed by atoms with Crippen molar-refractivity contribution >= 4 is 38.9 Å². The Morgan fingerprint density at radius 3 is 1.76 bits per heavy atom. The fraction of sp³-hybridized carbons (Fsp3) is 0.0323. The number of fused-ring (bicyclic) bond motifs is 3. The van der Waals surface area contributed by atoms with Crippen LogP contribution in [0.4, 0.5) is 17.1 Å². The Bertz CT molecular complexity index is 1550. The average Bonchev–Trinajstić information content (AvgIpc) is 3.17. The normalized spacial score (nSPS) is 11.2. The quantitative estimate of drug-likeness (QED) is 0.275. The molecule has 0 bridgehead atoms. The van der Waals surface area contributed by atoms with Crippen LogP contribution >= 0.6 is 0 Å². The highest BCUT2D eigenvalue weighted by molar-refractivity contribution is 6.09. The smallest absolute Gasteiger partial charge is 0.0490 e. The lowest BCUT2D eigenvalue weighted by molar-refractivity contribution is 1.01. The Morgan fingerprint density at radius 2 is 1.00 bits per heavy atom. The van der Waals surface area contributed by atoms with Gasteiger partial charge < -0.3 is 9.47 Å². The van der Waals surface area contributed by atoms with Crippen LogP contribution in [0, 0.1) is 0 Å². The van der Waals surface area contributed by atoms with Crippen LogP contribution in [0.1, 0.15) is 0 Å². The molecule has 0 aliphatic heterocycles. The van der Waals surface area contributed by atoms with E-state index >= 15 is 0 Å². The largest absolute Gasteiger partial charge is 0.344 e. The van der Waals surface area contributed by atoms with Gasteiger partial charge in [-0.1, -0.05) is 78.9 Å². The molecule has 0 amide bonds. The maximum atomic E-state index is 2.33. The zero-order valence-corrected chi connectivity index (χ0v) is 18.5. The molecule has 6 aromatic rings. The van der Waals surface area contributed by atoms with Gasteiger partial charge >= 0.3 is 0 Å². The highest BCUT2D eigenvalue weighted by atomic mass is 15.1. The topological polar surface area (TPSA) is 8.17 Å². The Labute approximate surface area is 194 Å². The van der Waals surface area contributed by atoms with Crippen LogP contribution in [-0.4, -0.2) is 4.57 Å². The second-order valence-electron chi connectivity index (χ2n) is 8.36. The van der Waals surface area contributed by atoms with Gasteiger partial charge in [0.15, 0.2) is 0 Å². The van der Waals surface area contributed by atoms with E-state index in [-0.39, 0.29) is 0 Å². The maximum absolute atomic E-state index is 2.33. The monoisotopic (exact) mass is 424 g/mol. The molecule has 2 nitrogen and oxygen atoms in total. The Balaban J connectivity index is 1.51. The number of aromatic nitrogens is 1. The molecule has 0 unspecified atom stereocenters. The van der Waals surface area contributed by atoms with E-state index in [0.29, 0.717) is 0 Å². The van der Waals surface area contributed by atoms with E-state index in [9.17, 15) is 0 Å². The van der Waals surface area contributed by atoms with Crippen molar-refractivity contribution in [2.45, 2.75) is 0 Å². The van der Waals surface area contributed by atoms with Crippen LogP contribution in [0.25, 0.3) is 32.9 Å². The van der Waals surface area contributed by atoms with Crippen molar-refractivity contribution in [1.29, 1.82) is 0 Å². The summed E-state index contributed by atoms with van der Waals surface area (Å²) in [6.45, 7) is 0. The van der Waals surface area contributed by atoms with Gasteiger partial charge in [-0.05, 0) is 59.7 Å². The molecule has 33 heavy (non-hydrogen) atoms. The zero-order chi connectivity index (χ0) is 22.2. The van der Waals surface area contributed by atoms with Crippen molar-refractivity contribution < 1.29 is 0 Å². The third-order valence-electron chi connectivity index (χ3n) is 6.40. The second-order valence-corrected chi connectivity index (χ2v) is 8.36. The van der Waals surface area contributed by atoms with Gasteiger partial charge in [-0.2, -0.15) is 0 Å². The minimum Gasteiger partial charge on any atom is -0.344 e. The number of benzene rings is 5. The van der Waals surface area contributed by atoms with Crippen LogP contribution < -0.4 is 4.90 Å². The first-order valence-electron chi connectivity index (χ1n) is 11.3. The molecule has 5 aromatic carbocycles. The van der Waals surface area contributed by atoms with E-state index in [0.717, 1.165) is 17.1 Å². The SMILES string of the molecule is Cn1c2ccccc2c2cc(N(c3ccccc3)c3ccc(-c4ccccc4)cc3)ccc21. The zero-order valence-electron chi connectivity index (χ0n) is 18.5. The Kier molecular flexibility index (Phi) is 4.70. The van der Waals surface area contributed by atoms with Gasteiger partial charge in [0.2, 0.25) is 0 Å². The predicted octanol–water partition coefficient (Wildman–Crippen LogP) is 8.47. The molecule has 1 aromatic heterocycles. The number of anilines is 3. The number of hydrogen-bond donors (Lipinski definition) is 0. The fourth-order valence-electron chi connectivity index (χ4n) is 4.75. The van der Waals surface area contributed by atoms with Gasteiger partial charge in [-0.3, -0.25) is 0 Å². The first-order valence-corrected chi connectivity index (χ1v) is 11.3. The van der Waals surface area contributed by atoms with Gasteiger partial charge in [-0.25, -0.2) is 0 Å². The average molecular weight is 425 g/mol. The van der Waals surface area contributed by atoms with Crippen molar-refractivity contribution in [2.24, 2.45) is 7.05 Å². The van der Waals surface area contributed by atoms with Gasteiger partial charge in [-0.15, -0.1) is 0 Å². The predicted molar refractivity (Wildman–Crippen MR) is 141 cm³/mol. The molecule has 6 rings (SSSR count). The van der Waals surface area contributed by atoms with Crippen molar-refractivity contribution in [2.75, 3.05) is 4.90 Å². The molecule has 0 aliphatic rings. The number of rotatable bonds is 4. The molecule has 0 atom stereocenters. The Morgan fingerprint density at radius 1 is 0.455 bits per heavy atom. The van der Waals surface area contributed by atoms with Crippen LogP contribution in [0.5, 0.6) is 0 Å². The van der Waals surface area contributed by atoms with Crippen LogP contribution in [0.15, 0.2) is 127 Å². The number of nitrogens with zero attached hydrogens (tertiary/aromatic N) is 2. The summed E-state index contributed by atoms with van der Waals surface area (Å²) < 4.78 is 2.27. The lowest BCUT2D eigenvalue weighted by Gasteiger charge is -2.26. The summed E-state index contributed by atoms with van der Waals surface area (Å²) in [7, 11) is 2.14. The van der Waals surface area contributed by atoms with Crippen LogP contribution in [0.3, 0.4) is 0 Å². The van der Waals surface area contributed by atoms with Crippen molar-refractivity contribution in [3.8, 4) is 11.1 Å². The Hall–Kier alpha value is -4.30. The number of hydrogen-bond acceptors (Lipinski definition) is 1. The van der Waals surface area contributed by atoms with Gasteiger partial charge in [0.1, 0.15) is 0 Å². The highest BCUT2D eigenvalue weighted by Crippen LogP contribution is 2.38. The van der Waals surface area contributed by atoms with E-state index < -0.39 is 0 Å². The van der Waals surface area contributed by atoms with E-state index in [1.165, 1.54) is 32.9 Å². The standard InChI is InChI=1S/C31H24N2/c1-32-30-15-9-8-14-28(30)29-22-27(20-21-31(29)32)33(25-12-6-3-7-13-25)26-18-16-24(17-19-26)23-10-4-2-5-11-23/h2-22H,1H3. The molecule has 0 aliphatic carbocycles. The van der Waals surface area contributed by atoms with Gasteiger partial charge in [0, 0.05) is 45.9 Å². The molecular formula is C31H24N2. The summed E-state index contributed by atoms with van der Waals surface area (Å²) >= 11 is 0. The lowest BCUT2D eigenvalue weighted by atomic mass is 10.0. The molecule has 2 heteroatoms. The third kappa shape index (κ3) is 3.37. The molecule has 158 valence electrons. The fourth-order valence-corrected chi connectivity index (χ4v) is 4.75. The molecular weight excluding hydrogens is 400 g/mol. The summed E-state index contributed by atoms with van der Waals surface area (Å²) in [4.78, 5) is 2.33. The van der Waals surface area contributed by atoms with Crippen molar-refractivity contribution in [3.63, 3.8) is 0 Å². The van der Waals surface area contributed by atoms with E-state index in [1.807, 2.05) is 0 Å². The van der Waals surface area contributed by atoms with Crippen LogP contribution in [0.2, 0.25) is 0 Å². The van der Waals surface area contributed by atoms with E-state index in [1.54, 1.807) is 0 Å². The first-order chi connectivity index (χ1) is 16.3. The summed E-state index contributed by atoms with van der Waals surface area (Å²) in [6, 6.07) is 45.3. The maximum Gasteiger partial charge on any atom is 0.0490 e. The van der Waals surface area contributed by atoms with E-state index in [2.05, 4.69) is 144 Å². The molecule has 0 N–H and O–H groups in total. The molecule has 0 fully saturated rings.